The van der Waals surface area contributed by atoms with Crippen LogP contribution in [0.1, 0.15) is 16.8 Å². The van der Waals surface area contributed by atoms with E-state index in [1.807, 2.05) is 16.7 Å². The Morgan fingerprint density at radius 3 is 2.58 bits per heavy atom. The van der Waals surface area contributed by atoms with Crippen molar-refractivity contribution in [3.05, 3.63) is 47.4 Å². The van der Waals surface area contributed by atoms with Crippen molar-refractivity contribution in [3.8, 4) is 5.82 Å². The molecule has 0 bridgehead atoms. The minimum absolute atomic E-state index is 0.399. The first-order chi connectivity index (χ1) is 9.19. The number of hydrogen-bond acceptors (Lipinski definition) is 4. The van der Waals surface area contributed by atoms with Crippen molar-refractivity contribution < 1.29 is 0 Å². The van der Waals surface area contributed by atoms with Gasteiger partial charge in [-0.3, -0.25) is 4.57 Å². The van der Waals surface area contributed by atoms with Crippen LogP contribution < -0.4 is 5.73 Å². The Bertz CT molecular complexity index is 727. The summed E-state index contributed by atoms with van der Waals surface area (Å²) in [5, 5.41) is 8.26. The molecule has 0 atom stereocenters. The topological polar surface area (TPSA) is 69.6 Å². The molecule has 0 unspecified atom stereocenters. The Kier molecular flexibility index (Phi) is 2.76. The Morgan fingerprint density at radius 2 is 1.89 bits per heavy atom. The van der Waals surface area contributed by atoms with Gasteiger partial charge in [-0.2, -0.15) is 5.10 Å². The standard InChI is InChI=1S/C14H15N5/c1-9-5-12-13(6-10(9)2)19(8-16-12)14-4-3-11(7-15)17-18-14/h3-6,8H,7,15H2,1-2H3. The average molecular weight is 253 g/mol. The zero-order chi connectivity index (χ0) is 13.4. The SMILES string of the molecule is Cc1cc2ncn(-c3ccc(CN)nn3)c2cc1C. The van der Waals surface area contributed by atoms with Crippen LogP contribution in [0, 0.1) is 13.8 Å². The smallest absolute Gasteiger partial charge is 0.161 e. The molecule has 2 aromatic heterocycles. The van der Waals surface area contributed by atoms with Gasteiger partial charge in [0.1, 0.15) is 6.33 Å². The fraction of sp³-hybridized carbons (Fsp3) is 0.214. The van der Waals surface area contributed by atoms with Crippen molar-refractivity contribution in [1.29, 1.82) is 0 Å². The second-order valence-corrected chi connectivity index (χ2v) is 4.63. The van der Waals surface area contributed by atoms with E-state index in [-0.39, 0.29) is 0 Å². The van der Waals surface area contributed by atoms with E-state index in [0.29, 0.717) is 6.54 Å². The predicted molar refractivity (Wildman–Crippen MR) is 74.0 cm³/mol. The van der Waals surface area contributed by atoms with Crippen LogP contribution in [-0.2, 0) is 6.54 Å². The molecule has 0 fully saturated rings. The lowest BCUT2D eigenvalue weighted by Crippen LogP contribution is -2.04. The number of nitrogens with zero attached hydrogens (tertiary/aromatic N) is 4. The average Bonchev–Trinajstić information content (AvgIpc) is 2.82. The zero-order valence-electron chi connectivity index (χ0n) is 11.0. The van der Waals surface area contributed by atoms with Gasteiger partial charge < -0.3 is 5.73 Å². The summed E-state index contributed by atoms with van der Waals surface area (Å²) in [4.78, 5) is 4.41. The number of fused-ring (bicyclic) bond motifs is 1. The van der Waals surface area contributed by atoms with Gasteiger partial charge in [-0.05, 0) is 49.2 Å². The molecule has 0 aliphatic heterocycles. The molecule has 5 heteroatoms. The molecule has 0 radical (unpaired) electrons. The molecule has 3 aromatic rings. The lowest BCUT2D eigenvalue weighted by molar-refractivity contribution is 0.860. The first kappa shape index (κ1) is 11.8. The fourth-order valence-electron chi connectivity index (χ4n) is 2.04. The van der Waals surface area contributed by atoms with Gasteiger partial charge in [-0.1, -0.05) is 0 Å². The second-order valence-electron chi connectivity index (χ2n) is 4.63. The number of imidazole rings is 1. The summed E-state index contributed by atoms with van der Waals surface area (Å²) in [6.07, 6.45) is 1.77. The summed E-state index contributed by atoms with van der Waals surface area (Å²) in [6.45, 7) is 4.58. The number of nitrogens with two attached hydrogens (primary N) is 1. The normalized spacial score (nSPS) is 11.1. The van der Waals surface area contributed by atoms with Gasteiger partial charge in [0.25, 0.3) is 0 Å². The highest BCUT2D eigenvalue weighted by molar-refractivity contribution is 5.78. The van der Waals surface area contributed by atoms with E-state index in [2.05, 4.69) is 41.2 Å². The highest BCUT2D eigenvalue weighted by Gasteiger charge is 2.08. The molecule has 2 N–H and O–H groups in total. The minimum atomic E-state index is 0.399. The van der Waals surface area contributed by atoms with E-state index in [1.54, 1.807) is 6.33 Å². The maximum Gasteiger partial charge on any atom is 0.161 e. The molecule has 96 valence electrons. The molecule has 5 nitrogen and oxygen atoms in total. The lowest BCUT2D eigenvalue weighted by Gasteiger charge is -2.05. The maximum absolute atomic E-state index is 5.52. The van der Waals surface area contributed by atoms with Crippen LogP contribution in [0.15, 0.2) is 30.6 Å². The van der Waals surface area contributed by atoms with Crippen molar-refractivity contribution in [1.82, 2.24) is 19.7 Å². The molecule has 1 aromatic carbocycles. The van der Waals surface area contributed by atoms with Crippen molar-refractivity contribution in [3.63, 3.8) is 0 Å². The Hall–Kier alpha value is -2.27. The molecule has 0 saturated carbocycles. The number of benzene rings is 1. The van der Waals surface area contributed by atoms with Gasteiger partial charge in [0, 0.05) is 6.54 Å². The van der Waals surface area contributed by atoms with Crippen LogP contribution >= 0.6 is 0 Å². The van der Waals surface area contributed by atoms with Crippen LogP contribution in [0.4, 0.5) is 0 Å². The third kappa shape index (κ3) is 1.98. The van der Waals surface area contributed by atoms with Gasteiger partial charge in [-0.25, -0.2) is 4.98 Å². The van der Waals surface area contributed by atoms with Gasteiger partial charge in [0.15, 0.2) is 5.82 Å². The predicted octanol–water partition coefficient (Wildman–Crippen LogP) is 1.89. The first-order valence-corrected chi connectivity index (χ1v) is 6.16. The van der Waals surface area contributed by atoms with Crippen LogP contribution in [0.5, 0.6) is 0 Å². The monoisotopic (exact) mass is 253 g/mol. The number of aryl methyl sites for hydroxylation is 2. The molecule has 0 amide bonds. The summed E-state index contributed by atoms with van der Waals surface area (Å²) in [7, 11) is 0. The van der Waals surface area contributed by atoms with Gasteiger partial charge >= 0.3 is 0 Å². The number of aromatic nitrogens is 4. The van der Waals surface area contributed by atoms with E-state index >= 15 is 0 Å². The minimum Gasteiger partial charge on any atom is -0.325 e. The third-order valence-corrected chi connectivity index (χ3v) is 3.32. The van der Waals surface area contributed by atoms with Crippen molar-refractivity contribution in [2.45, 2.75) is 20.4 Å². The third-order valence-electron chi connectivity index (χ3n) is 3.32. The molecule has 0 aliphatic carbocycles. The number of hydrogen-bond donors (Lipinski definition) is 1. The first-order valence-electron chi connectivity index (χ1n) is 6.16. The highest BCUT2D eigenvalue weighted by Crippen LogP contribution is 2.20. The van der Waals surface area contributed by atoms with Gasteiger partial charge in [0.2, 0.25) is 0 Å². The van der Waals surface area contributed by atoms with E-state index < -0.39 is 0 Å². The van der Waals surface area contributed by atoms with Gasteiger partial charge in [0.05, 0.1) is 16.7 Å². The summed E-state index contributed by atoms with van der Waals surface area (Å²) in [5.74, 6) is 0.753. The van der Waals surface area contributed by atoms with Crippen LogP contribution in [0.2, 0.25) is 0 Å². The maximum atomic E-state index is 5.52. The Morgan fingerprint density at radius 1 is 1.11 bits per heavy atom. The highest BCUT2D eigenvalue weighted by atomic mass is 15.2. The van der Waals surface area contributed by atoms with E-state index in [4.69, 9.17) is 5.73 Å². The van der Waals surface area contributed by atoms with Crippen molar-refractivity contribution in [2.24, 2.45) is 5.73 Å². The van der Waals surface area contributed by atoms with Crippen LogP contribution in [-0.4, -0.2) is 19.7 Å². The molecular weight excluding hydrogens is 238 g/mol. The van der Waals surface area contributed by atoms with Crippen LogP contribution in [0.3, 0.4) is 0 Å². The Labute approximate surface area is 111 Å². The lowest BCUT2D eigenvalue weighted by atomic mass is 10.1. The van der Waals surface area contributed by atoms with Crippen molar-refractivity contribution >= 4 is 11.0 Å². The molecule has 0 aliphatic rings. The summed E-state index contributed by atoms with van der Waals surface area (Å²) < 4.78 is 1.94. The van der Waals surface area contributed by atoms with Crippen LogP contribution in [0.25, 0.3) is 16.9 Å². The fourth-order valence-corrected chi connectivity index (χ4v) is 2.04. The second kappa shape index (κ2) is 4.44. The number of rotatable bonds is 2. The largest absolute Gasteiger partial charge is 0.325 e. The molecule has 3 rings (SSSR count). The summed E-state index contributed by atoms with van der Waals surface area (Å²) in [6, 6.07) is 8.00. The van der Waals surface area contributed by atoms with Gasteiger partial charge in [-0.15, -0.1) is 5.10 Å². The molecule has 2 heterocycles. The Balaban J connectivity index is 2.16. The summed E-state index contributed by atoms with van der Waals surface area (Å²) >= 11 is 0. The molecule has 0 saturated heterocycles. The van der Waals surface area contributed by atoms with E-state index in [0.717, 1.165) is 22.5 Å². The van der Waals surface area contributed by atoms with Crippen molar-refractivity contribution in [2.75, 3.05) is 0 Å². The zero-order valence-corrected chi connectivity index (χ0v) is 11.0. The molecular formula is C14H15N5. The van der Waals surface area contributed by atoms with E-state index in [9.17, 15) is 0 Å². The molecule has 0 spiro atoms. The molecule has 19 heavy (non-hydrogen) atoms. The quantitative estimate of drug-likeness (QED) is 0.757. The summed E-state index contributed by atoms with van der Waals surface area (Å²) in [5.41, 5.74) is 10.8. The van der Waals surface area contributed by atoms with E-state index in [1.165, 1.54) is 11.1 Å².